The number of hydrogen-bond donors (Lipinski definition) is 2. The van der Waals surface area contributed by atoms with Crippen molar-refractivity contribution in [2.45, 2.75) is 0 Å². The largest absolute Gasteiger partial charge is 0.562 e. The SMILES string of the molecule is Oc1c[c-]ccc1O.[Y]. The molecule has 0 fully saturated rings. The average Bonchev–Trinajstić information content (AvgIpc) is 1.77. The minimum atomic E-state index is -0.132. The summed E-state index contributed by atoms with van der Waals surface area (Å²) in [6, 6.07) is 6.79. The third-order valence-corrected chi connectivity index (χ3v) is 0.820. The zero-order chi connectivity index (χ0) is 5.98. The van der Waals surface area contributed by atoms with Crippen LogP contribution in [0.1, 0.15) is 0 Å². The van der Waals surface area contributed by atoms with Gasteiger partial charge in [-0.1, -0.05) is 0 Å². The average molecular weight is 198 g/mol. The van der Waals surface area contributed by atoms with E-state index in [9.17, 15) is 0 Å². The smallest absolute Gasteiger partial charge is 0.0485 e. The van der Waals surface area contributed by atoms with Crippen LogP contribution >= 0.6 is 0 Å². The van der Waals surface area contributed by atoms with Crippen LogP contribution in [-0.2, 0) is 32.7 Å². The zero-order valence-corrected chi connectivity index (χ0v) is 7.54. The van der Waals surface area contributed by atoms with Crippen LogP contribution in [0.15, 0.2) is 18.2 Å². The Labute approximate surface area is 78.4 Å². The molecule has 0 aliphatic carbocycles. The molecule has 0 aliphatic heterocycles. The van der Waals surface area contributed by atoms with Crippen LogP contribution in [0.4, 0.5) is 0 Å². The Hall–Kier alpha value is -0.0761. The van der Waals surface area contributed by atoms with E-state index in [2.05, 4.69) is 6.07 Å². The molecule has 0 unspecified atom stereocenters. The molecule has 0 atom stereocenters. The van der Waals surface area contributed by atoms with Crippen molar-refractivity contribution in [3.63, 3.8) is 0 Å². The molecule has 0 aliphatic rings. The Morgan fingerprint density at radius 3 is 2.22 bits per heavy atom. The van der Waals surface area contributed by atoms with Gasteiger partial charge in [-0.3, -0.25) is 0 Å². The first-order valence-electron chi connectivity index (χ1n) is 2.19. The van der Waals surface area contributed by atoms with E-state index in [4.69, 9.17) is 10.2 Å². The molecule has 2 nitrogen and oxygen atoms in total. The van der Waals surface area contributed by atoms with Gasteiger partial charge in [-0.15, -0.1) is 12.1 Å². The fraction of sp³-hybridized carbons (Fsp3) is 0. The van der Waals surface area contributed by atoms with Gasteiger partial charge >= 0.3 is 0 Å². The first kappa shape index (κ1) is 8.92. The topological polar surface area (TPSA) is 40.5 Å². The summed E-state index contributed by atoms with van der Waals surface area (Å²) < 4.78 is 0. The van der Waals surface area contributed by atoms with E-state index >= 15 is 0 Å². The normalized spacial score (nSPS) is 8.00. The molecule has 0 saturated carbocycles. The first-order valence-corrected chi connectivity index (χ1v) is 2.19. The molecule has 0 aromatic heterocycles. The van der Waals surface area contributed by atoms with Crippen molar-refractivity contribution in [2.24, 2.45) is 0 Å². The van der Waals surface area contributed by atoms with Gasteiger partial charge in [0.15, 0.2) is 0 Å². The van der Waals surface area contributed by atoms with Crippen molar-refractivity contribution in [3.8, 4) is 11.5 Å². The van der Waals surface area contributed by atoms with Gasteiger partial charge < -0.3 is 10.2 Å². The molecular weight excluding hydrogens is 193 g/mol. The van der Waals surface area contributed by atoms with Crippen molar-refractivity contribution >= 4 is 0 Å². The summed E-state index contributed by atoms with van der Waals surface area (Å²) >= 11 is 0. The molecule has 1 aromatic carbocycles. The monoisotopic (exact) mass is 198 g/mol. The van der Waals surface area contributed by atoms with Crippen LogP contribution in [0.3, 0.4) is 0 Å². The molecule has 3 heteroatoms. The number of benzene rings is 1. The van der Waals surface area contributed by atoms with Crippen LogP contribution in [0.2, 0.25) is 0 Å². The van der Waals surface area contributed by atoms with Crippen LogP contribution in [0.25, 0.3) is 0 Å². The maximum absolute atomic E-state index is 8.65. The van der Waals surface area contributed by atoms with Gasteiger partial charge in [-0.05, 0) is 0 Å². The fourth-order valence-corrected chi connectivity index (χ4v) is 0.413. The van der Waals surface area contributed by atoms with Gasteiger partial charge in [0.1, 0.15) is 0 Å². The number of phenols is 2. The van der Waals surface area contributed by atoms with Crippen molar-refractivity contribution in [1.29, 1.82) is 0 Å². The Morgan fingerprint density at radius 1 is 1.22 bits per heavy atom. The zero-order valence-electron chi connectivity index (χ0n) is 4.70. The number of hydrogen-bond acceptors (Lipinski definition) is 2. The molecule has 45 valence electrons. The second-order valence-corrected chi connectivity index (χ2v) is 1.41. The Balaban J connectivity index is 0.000000640. The molecular formula is C6H5O2Y-. The number of phenolic OH excluding ortho intramolecular Hbond substituents is 2. The van der Waals surface area contributed by atoms with Gasteiger partial charge in [-0.2, -0.15) is 12.1 Å². The predicted molar refractivity (Wildman–Crippen MR) is 28.6 cm³/mol. The number of rotatable bonds is 0. The summed E-state index contributed by atoms with van der Waals surface area (Å²) in [5, 5.41) is 17.3. The van der Waals surface area contributed by atoms with Crippen LogP contribution in [-0.4, -0.2) is 10.2 Å². The van der Waals surface area contributed by atoms with E-state index in [1.165, 1.54) is 18.2 Å². The van der Waals surface area contributed by atoms with E-state index in [0.717, 1.165) is 0 Å². The van der Waals surface area contributed by atoms with Gasteiger partial charge in [0, 0.05) is 44.2 Å². The molecule has 1 aromatic rings. The molecule has 0 amide bonds. The quantitative estimate of drug-likeness (QED) is 0.480. The van der Waals surface area contributed by atoms with E-state index in [-0.39, 0.29) is 44.2 Å². The van der Waals surface area contributed by atoms with Gasteiger partial charge in [-0.25, -0.2) is 0 Å². The van der Waals surface area contributed by atoms with Crippen molar-refractivity contribution in [3.05, 3.63) is 24.3 Å². The molecule has 0 bridgehead atoms. The van der Waals surface area contributed by atoms with Gasteiger partial charge in [0.05, 0.1) is 0 Å². The molecule has 0 heterocycles. The Morgan fingerprint density at radius 2 is 1.89 bits per heavy atom. The summed E-state index contributed by atoms with van der Waals surface area (Å²) in [5.41, 5.74) is 0. The number of aromatic hydroxyl groups is 2. The van der Waals surface area contributed by atoms with E-state index < -0.39 is 0 Å². The van der Waals surface area contributed by atoms with Crippen molar-refractivity contribution in [1.82, 2.24) is 0 Å². The van der Waals surface area contributed by atoms with Crippen LogP contribution < -0.4 is 0 Å². The van der Waals surface area contributed by atoms with Gasteiger partial charge in [0.25, 0.3) is 0 Å². The maximum Gasteiger partial charge on any atom is 0.0485 e. The van der Waals surface area contributed by atoms with Crippen molar-refractivity contribution in [2.75, 3.05) is 0 Å². The van der Waals surface area contributed by atoms with Crippen molar-refractivity contribution < 1.29 is 42.9 Å². The standard InChI is InChI=1S/C6H5O2.Y/c7-5-3-1-2-4-6(5)8;/h1,3-4,7-8H;/q-1;. The summed E-state index contributed by atoms with van der Waals surface area (Å²) in [6.45, 7) is 0. The van der Waals surface area contributed by atoms with Crippen LogP contribution in [0, 0.1) is 6.07 Å². The molecule has 0 saturated heterocycles. The first-order chi connectivity index (χ1) is 3.80. The maximum atomic E-state index is 8.65. The summed E-state index contributed by atoms with van der Waals surface area (Å²) in [4.78, 5) is 0. The molecule has 1 rings (SSSR count). The van der Waals surface area contributed by atoms with Crippen LogP contribution in [0.5, 0.6) is 11.5 Å². The summed E-state index contributed by atoms with van der Waals surface area (Å²) in [5.74, 6) is -0.240. The second kappa shape index (κ2) is 3.86. The third kappa shape index (κ3) is 2.33. The van der Waals surface area contributed by atoms with Gasteiger partial charge in [0.2, 0.25) is 0 Å². The molecule has 9 heavy (non-hydrogen) atoms. The van der Waals surface area contributed by atoms with E-state index in [1.807, 2.05) is 0 Å². The summed E-state index contributed by atoms with van der Waals surface area (Å²) in [6.07, 6.45) is 0. The Kier molecular flexibility index (Phi) is 3.82. The minimum absolute atomic E-state index is 0. The third-order valence-electron chi connectivity index (χ3n) is 0.820. The predicted octanol–water partition coefficient (Wildman–Crippen LogP) is 0.895. The fourth-order valence-electron chi connectivity index (χ4n) is 0.413. The second-order valence-electron chi connectivity index (χ2n) is 1.41. The van der Waals surface area contributed by atoms with E-state index in [0.29, 0.717) is 0 Å². The molecule has 1 radical (unpaired) electrons. The summed E-state index contributed by atoms with van der Waals surface area (Å²) in [7, 11) is 0. The Bertz CT molecular complexity index is 167. The van der Waals surface area contributed by atoms with E-state index in [1.54, 1.807) is 0 Å². The minimum Gasteiger partial charge on any atom is -0.562 e. The molecule has 0 spiro atoms. The molecule has 2 N–H and O–H groups in total.